The Balaban J connectivity index is 2.07. The van der Waals surface area contributed by atoms with E-state index in [0.29, 0.717) is 25.2 Å². The molecule has 0 aliphatic rings. The molecule has 0 radical (unpaired) electrons. The monoisotopic (exact) mass is 348 g/mol. The number of nitriles is 1. The molecule has 0 fully saturated rings. The SMILES string of the molecule is CC(C)C(=O)NCCNC(=O)NCCSCc1ccccc1C#N. The maximum atomic E-state index is 11.6. The molecule has 130 valence electrons. The third-order valence-electron chi connectivity index (χ3n) is 3.16. The molecule has 0 spiro atoms. The minimum absolute atomic E-state index is 0.0220. The molecule has 0 aromatic heterocycles. The summed E-state index contributed by atoms with van der Waals surface area (Å²) in [6.07, 6.45) is 0. The van der Waals surface area contributed by atoms with E-state index >= 15 is 0 Å². The zero-order valence-corrected chi connectivity index (χ0v) is 14.9. The number of amides is 3. The average Bonchev–Trinajstić information content (AvgIpc) is 2.58. The maximum absolute atomic E-state index is 11.6. The van der Waals surface area contributed by atoms with Crippen molar-refractivity contribution >= 4 is 23.7 Å². The van der Waals surface area contributed by atoms with E-state index in [1.165, 1.54) is 0 Å². The Kier molecular flexibility index (Phi) is 9.39. The number of carbonyl (C=O) groups is 2. The summed E-state index contributed by atoms with van der Waals surface area (Å²) in [4.78, 5) is 22.9. The van der Waals surface area contributed by atoms with Crippen LogP contribution in [0.5, 0.6) is 0 Å². The topological polar surface area (TPSA) is 94.0 Å². The number of benzene rings is 1. The van der Waals surface area contributed by atoms with Gasteiger partial charge in [-0.2, -0.15) is 17.0 Å². The van der Waals surface area contributed by atoms with Crippen molar-refractivity contribution in [3.8, 4) is 6.07 Å². The van der Waals surface area contributed by atoms with Gasteiger partial charge in [0.05, 0.1) is 11.6 Å². The van der Waals surface area contributed by atoms with Crippen LogP contribution in [-0.2, 0) is 10.5 Å². The molecule has 24 heavy (non-hydrogen) atoms. The lowest BCUT2D eigenvalue weighted by molar-refractivity contribution is -0.123. The summed E-state index contributed by atoms with van der Waals surface area (Å²) in [5.41, 5.74) is 1.70. The van der Waals surface area contributed by atoms with Gasteiger partial charge in [0, 0.05) is 37.1 Å². The van der Waals surface area contributed by atoms with Crippen molar-refractivity contribution in [3.05, 3.63) is 35.4 Å². The molecule has 7 heteroatoms. The van der Waals surface area contributed by atoms with E-state index in [9.17, 15) is 9.59 Å². The van der Waals surface area contributed by atoms with Crippen LogP contribution in [0.3, 0.4) is 0 Å². The van der Waals surface area contributed by atoms with Gasteiger partial charge in [0.1, 0.15) is 0 Å². The fourth-order valence-corrected chi connectivity index (χ4v) is 2.66. The van der Waals surface area contributed by atoms with Gasteiger partial charge in [0.2, 0.25) is 5.91 Å². The lowest BCUT2D eigenvalue weighted by Gasteiger charge is -2.10. The van der Waals surface area contributed by atoms with Crippen LogP contribution in [0.2, 0.25) is 0 Å². The van der Waals surface area contributed by atoms with Gasteiger partial charge >= 0.3 is 6.03 Å². The predicted octanol–water partition coefficient (Wildman–Crippen LogP) is 1.86. The highest BCUT2D eigenvalue weighted by Crippen LogP contribution is 2.15. The van der Waals surface area contributed by atoms with Crippen LogP contribution < -0.4 is 16.0 Å². The third kappa shape index (κ3) is 7.88. The normalized spacial score (nSPS) is 10.1. The number of hydrogen-bond donors (Lipinski definition) is 3. The molecule has 1 aromatic carbocycles. The largest absolute Gasteiger partial charge is 0.354 e. The quantitative estimate of drug-likeness (QED) is 0.594. The van der Waals surface area contributed by atoms with E-state index in [1.54, 1.807) is 17.8 Å². The summed E-state index contributed by atoms with van der Waals surface area (Å²) in [6.45, 7) is 5.00. The van der Waals surface area contributed by atoms with E-state index in [-0.39, 0.29) is 17.9 Å². The first-order chi connectivity index (χ1) is 11.5. The van der Waals surface area contributed by atoms with Gasteiger partial charge < -0.3 is 16.0 Å². The average molecular weight is 348 g/mol. The minimum Gasteiger partial charge on any atom is -0.354 e. The Morgan fingerprint density at radius 2 is 1.79 bits per heavy atom. The molecule has 0 aliphatic heterocycles. The lowest BCUT2D eigenvalue weighted by Crippen LogP contribution is -2.41. The Bertz CT molecular complexity index is 584. The van der Waals surface area contributed by atoms with Gasteiger partial charge in [-0.25, -0.2) is 4.79 Å². The Morgan fingerprint density at radius 1 is 1.12 bits per heavy atom. The van der Waals surface area contributed by atoms with Crippen LogP contribution in [0.1, 0.15) is 25.0 Å². The van der Waals surface area contributed by atoms with Crippen molar-refractivity contribution < 1.29 is 9.59 Å². The highest BCUT2D eigenvalue weighted by molar-refractivity contribution is 7.98. The number of rotatable bonds is 9. The molecule has 0 atom stereocenters. The molecule has 1 aromatic rings. The van der Waals surface area contributed by atoms with Gasteiger partial charge in [-0.1, -0.05) is 32.0 Å². The Labute approximate surface area is 147 Å². The maximum Gasteiger partial charge on any atom is 0.314 e. The zero-order chi connectivity index (χ0) is 17.8. The fourth-order valence-electron chi connectivity index (χ4n) is 1.80. The van der Waals surface area contributed by atoms with Gasteiger partial charge in [-0.05, 0) is 11.6 Å². The summed E-state index contributed by atoms with van der Waals surface area (Å²) >= 11 is 1.66. The predicted molar refractivity (Wildman–Crippen MR) is 96.6 cm³/mol. The number of nitrogens with zero attached hydrogens (tertiary/aromatic N) is 1. The molecule has 0 unspecified atom stereocenters. The van der Waals surface area contributed by atoms with E-state index in [4.69, 9.17) is 5.26 Å². The first-order valence-electron chi connectivity index (χ1n) is 7.89. The number of hydrogen-bond acceptors (Lipinski definition) is 4. The van der Waals surface area contributed by atoms with Gasteiger partial charge in [-0.3, -0.25) is 4.79 Å². The Hall–Kier alpha value is -2.20. The lowest BCUT2D eigenvalue weighted by atomic mass is 10.1. The second kappa shape index (κ2) is 11.4. The van der Waals surface area contributed by atoms with Crippen LogP contribution in [0.15, 0.2) is 24.3 Å². The summed E-state index contributed by atoms with van der Waals surface area (Å²) in [6, 6.07) is 9.44. The van der Waals surface area contributed by atoms with Gasteiger partial charge in [0.15, 0.2) is 0 Å². The van der Waals surface area contributed by atoms with Crippen molar-refractivity contribution in [2.45, 2.75) is 19.6 Å². The number of nitrogens with one attached hydrogen (secondary N) is 3. The van der Waals surface area contributed by atoms with E-state index in [1.807, 2.05) is 32.0 Å². The molecular weight excluding hydrogens is 324 g/mol. The van der Waals surface area contributed by atoms with Crippen LogP contribution in [0.4, 0.5) is 4.79 Å². The van der Waals surface area contributed by atoms with Crippen LogP contribution in [0.25, 0.3) is 0 Å². The second-order valence-corrected chi connectivity index (χ2v) is 6.56. The highest BCUT2D eigenvalue weighted by Gasteiger charge is 2.05. The van der Waals surface area contributed by atoms with Crippen molar-refractivity contribution in [1.82, 2.24) is 16.0 Å². The standard InChI is InChI=1S/C17H24N4O2S/c1-13(2)16(22)19-7-8-20-17(23)21-9-10-24-12-15-6-4-3-5-14(15)11-18/h3-6,13H,7-10,12H2,1-2H3,(H,19,22)(H2,20,21,23). The van der Waals surface area contributed by atoms with Crippen molar-refractivity contribution in [1.29, 1.82) is 5.26 Å². The summed E-state index contributed by atoms with van der Waals surface area (Å²) < 4.78 is 0. The van der Waals surface area contributed by atoms with Gasteiger partial charge in [-0.15, -0.1) is 0 Å². The first-order valence-corrected chi connectivity index (χ1v) is 9.05. The van der Waals surface area contributed by atoms with Crippen LogP contribution >= 0.6 is 11.8 Å². The molecule has 1 rings (SSSR count). The molecule has 0 aliphatic carbocycles. The number of carbonyl (C=O) groups excluding carboxylic acids is 2. The second-order valence-electron chi connectivity index (χ2n) is 5.45. The molecule has 0 heterocycles. The molecule has 3 amide bonds. The minimum atomic E-state index is -0.244. The van der Waals surface area contributed by atoms with Gasteiger partial charge in [0.25, 0.3) is 0 Å². The van der Waals surface area contributed by atoms with E-state index < -0.39 is 0 Å². The fraction of sp³-hybridized carbons (Fsp3) is 0.471. The molecule has 6 nitrogen and oxygen atoms in total. The molecule has 0 bridgehead atoms. The van der Waals surface area contributed by atoms with Crippen LogP contribution in [-0.4, -0.2) is 37.3 Å². The van der Waals surface area contributed by atoms with Crippen molar-refractivity contribution in [2.24, 2.45) is 5.92 Å². The van der Waals surface area contributed by atoms with Crippen molar-refractivity contribution in [2.75, 3.05) is 25.4 Å². The summed E-state index contributed by atoms with van der Waals surface area (Å²) in [7, 11) is 0. The smallest absolute Gasteiger partial charge is 0.314 e. The third-order valence-corrected chi connectivity index (χ3v) is 4.17. The summed E-state index contributed by atoms with van der Waals surface area (Å²) in [5.74, 6) is 1.43. The highest BCUT2D eigenvalue weighted by atomic mass is 32.2. The molecule has 0 saturated carbocycles. The first kappa shape index (κ1) is 19.8. The van der Waals surface area contributed by atoms with E-state index in [0.717, 1.165) is 17.1 Å². The van der Waals surface area contributed by atoms with Crippen LogP contribution in [0, 0.1) is 17.2 Å². The van der Waals surface area contributed by atoms with Crippen molar-refractivity contribution in [3.63, 3.8) is 0 Å². The summed E-state index contributed by atoms with van der Waals surface area (Å²) in [5, 5.41) is 17.2. The molecule has 0 saturated heterocycles. The number of urea groups is 1. The molecule has 3 N–H and O–H groups in total. The number of thioether (sulfide) groups is 1. The Morgan fingerprint density at radius 3 is 2.50 bits per heavy atom. The molecular formula is C17H24N4O2S. The van der Waals surface area contributed by atoms with E-state index in [2.05, 4.69) is 22.0 Å². The zero-order valence-electron chi connectivity index (χ0n) is 14.1.